The van der Waals surface area contributed by atoms with E-state index < -0.39 is 6.03 Å². The lowest BCUT2D eigenvalue weighted by Gasteiger charge is -2.27. The van der Waals surface area contributed by atoms with Crippen LogP contribution in [-0.4, -0.2) is 28.5 Å². The summed E-state index contributed by atoms with van der Waals surface area (Å²) in [7, 11) is 0. The number of carbonyl (C=O) groups excluding carboxylic acids is 2. The van der Waals surface area contributed by atoms with Gasteiger partial charge in [0.05, 0.1) is 11.2 Å². The van der Waals surface area contributed by atoms with E-state index in [1.54, 1.807) is 18.3 Å². The summed E-state index contributed by atoms with van der Waals surface area (Å²) in [5.41, 5.74) is 7.60. The van der Waals surface area contributed by atoms with Gasteiger partial charge in [-0.3, -0.25) is 15.0 Å². The van der Waals surface area contributed by atoms with Gasteiger partial charge in [0, 0.05) is 30.2 Å². The van der Waals surface area contributed by atoms with Crippen molar-refractivity contribution < 1.29 is 9.59 Å². The number of amides is 3. The Morgan fingerprint density at radius 2 is 2.16 bits per heavy atom. The third-order valence-electron chi connectivity index (χ3n) is 2.97. The number of rotatable bonds is 1. The fourth-order valence-electron chi connectivity index (χ4n) is 2.10. The van der Waals surface area contributed by atoms with E-state index in [2.05, 4.69) is 15.3 Å². The van der Waals surface area contributed by atoms with E-state index in [0.29, 0.717) is 23.4 Å². The van der Waals surface area contributed by atoms with Crippen molar-refractivity contribution >= 4 is 34.2 Å². The predicted octanol–water partition coefficient (Wildman–Crippen LogP) is 0.658. The molecule has 7 heteroatoms. The lowest BCUT2D eigenvalue weighted by molar-refractivity contribution is -0.120. The maximum absolute atomic E-state index is 11.9. The fourth-order valence-corrected chi connectivity index (χ4v) is 2.10. The van der Waals surface area contributed by atoms with E-state index in [9.17, 15) is 9.59 Å². The molecule has 0 atom stereocenters. The number of nitrogens with one attached hydrogen (secondary N) is 1. The van der Waals surface area contributed by atoms with E-state index in [0.717, 1.165) is 5.39 Å². The molecule has 1 aliphatic rings. The highest BCUT2D eigenvalue weighted by molar-refractivity contribution is 6.10. The van der Waals surface area contributed by atoms with Crippen molar-refractivity contribution in [2.45, 2.75) is 6.42 Å². The molecular weight excluding hydrogens is 246 g/mol. The van der Waals surface area contributed by atoms with Crippen LogP contribution in [0, 0.1) is 0 Å². The zero-order chi connectivity index (χ0) is 13.4. The number of hydrogen-bond acceptors (Lipinski definition) is 5. The third-order valence-corrected chi connectivity index (χ3v) is 2.97. The second-order valence-electron chi connectivity index (χ2n) is 4.25. The fraction of sp³-hybridized carbons (Fsp3) is 0.167. The van der Waals surface area contributed by atoms with Gasteiger partial charge in [0.25, 0.3) is 0 Å². The van der Waals surface area contributed by atoms with Crippen molar-refractivity contribution in [1.82, 2.24) is 15.3 Å². The molecule has 0 bridgehead atoms. The number of urea groups is 1. The molecule has 96 valence electrons. The summed E-state index contributed by atoms with van der Waals surface area (Å²) in [6, 6.07) is 2.95. The van der Waals surface area contributed by atoms with Gasteiger partial charge in [-0.05, 0) is 12.1 Å². The number of imide groups is 1. The van der Waals surface area contributed by atoms with Crippen LogP contribution >= 0.6 is 0 Å². The van der Waals surface area contributed by atoms with Gasteiger partial charge in [0.15, 0.2) is 0 Å². The first-order valence-corrected chi connectivity index (χ1v) is 5.76. The summed E-state index contributed by atoms with van der Waals surface area (Å²) in [6.07, 6.45) is 3.31. The highest BCUT2D eigenvalue weighted by atomic mass is 16.2. The second kappa shape index (κ2) is 4.20. The van der Waals surface area contributed by atoms with Crippen molar-refractivity contribution in [3.8, 4) is 0 Å². The number of nitrogens with two attached hydrogens (primary N) is 1. The first-order chi connectivity index (χ1) is 9.15. The highest BCUT2D eigenvalue weighted by Crippen LogP contribution is 2.29. The van der Waals surface area contributed by atoms with E-state index in [1.807, 2.05) is 0 Å². The monoisotopic (exact) mass is 257 g/mol. The van der Waals surface area contributed by atoms with Crippen LogP contribution in [0.25, 0.3) is 10.9 Å². The van der Waals surface area contributed by atoms with Crippen LogP contribution < -0.4 is 16.0 Å². The van der Waals surface area contributed by atoms with Crippen molar-refractivity contribution in [2.24, 2.45) is 0 Å². The van der Waals surface area contributed by atoms with Gasteiger partial charge in [-0.2, -0.15) is 0 Å². The van der Waals surface area contributed by atoms with Gasteiger partial charge in [0.1, 0.15) is 6.33 Å². The molecule has 2 heterocycles. The summed E-state index contributed by atoms with van der Waals surface area (Å²) in [5, 5.41) is 3.00. The van der Waals surface area contributed by atoms with Gasteiger partial charge in [-0.1, -0.05) is 0 Å². The van der Waals surface area contributed by atoms with E-state index in [4.69, 9.17) is 5.73 Å². The molecule has 19 heavy (non-hydrogen) atoms. The smallest absolute Gasteiger partial charge is 0.328 e. The van der Waals surface area contributed by atoms with Crippen LogP contribution in [-0.2, 0) is 4.79 Å². The molecule has 0 saturated carbocycles. The summed E-state index contributed by atoms with van der Waals surface area (Å²) in [5.74, 6) is -0.272. The Hall–Kier alpha value is -2.70. The minimum atomic E-state index is -0.452. The zero-order valence-electron chi connectivity index (χ0n) is 9.96. The van der Waals surface area contributed by atoms with Crippen molar-refractivity contribution in [1.29, 1.82) is 0 Å². The van der Waals surface area contributed by atoms with Gasteiger partial charge in [-0.25, -0.2) is 14.8 Å². The molecule has 3 amide bonds. The SMILES string of the molecule is Nc1cc(N2CCC(=O)NC2=O)c2cncnc2c1. The number of aromatic nitrogens is 2. The van der Waals surface area contributed by atoms with Gasteiger partial charge in [0.2, 0.25) is 5.91 Å². The van der Waals surface area contributed by atoms with Gasteiger partial charge >= 0.3 is 6.03 Å². The Balaban J connectivity index is 2.14. The molecule has 1 saturated heterocycles. The lowest BCUT2D eigenvalue weighted by atomic mass is 10.1. The normalized spacial score (nSPS) is 15.7. The van der Waals surface area contributed by atoms with E-state index in [1.165, 1.54) is 11.2 Å². The minimum Gasteiger partial charge on any atom is -0.399 e. The summed E-state index contributed by atoms with van der Waals surface area (Å²) >= 11 is 0. The molecule has 1 fully saturated rings. The Bertz CT molecular complexity index is 685. The molecule has 7 nitrogen and oxygen atoms in total. The molecule has 1 aromatic carbocycles. The number of carbonyl (C=O) groups is 2. The molecule has 0 radical (unpaired) electrons. The van der Waals surface area contributed by atoms with Crippen molar-refractivity contribution in [2.75, 3.05) is 17.2 Å². The Kier molecular flexibility index (Phi) is 2.52. The van der Waals surface area contributed by atoms with Crippen LogP contribution in [0.2, 0.25) is 0 Å². The topological polar surface area (TPSA) is 101 Å². The first-order valence-electron chi connectivity index (χ1n) is 5.76. The molecular formula is C12H11N5O2. The number of fused-ring (bicyclic) bond motifs is 1. The molecule has 3 N–H and O–H groups in total. The first kappa shape index (κ1) is 11.4. The second-order valence-corrected chi connectivity index (χ2v) is 4.25. The van der Waals surface area contributed by atoms with E-state index >= 15 is 0 Å². The van der Waals surface area contributed by atoms with Crippen LogP contribution in [0.5, 0.6) is 0 Å². The van der Waals surface area contributed by atoms with E-state index in [-0.39, 0.29) is 12.3 Å². The molecule has 3 rings (SSSR count). The van der Waals surface area contributed by atoms with Crippen LogP contribution in [0.3, 0.4) is 0 Å². The summed E-state index contributed by atoms with van der Waals surface area (Å²) in [4.78, 5) is 32.6. The molecule has 0 aliphatic carbocycles. The Labute approximate surface area is 108 Å². The molecule has 2 aromatic rings. The number of nitrogens with zero attached hydrogens (tertiary/aromatic N) is 3. The molecule has 1 aliphatic heterocycles. The van der Waals surface area contributed by atoms with Crippen LogP contribution in [0.15, 0.2) is 24.7 Å². The summed E-state index contributed by atoms with van der Waals surface area (Å²) in [6.45, 7) is 0.318. The van der Waals surface area contributed by atoms with Crippen LogP contribution in [0.1, 0.15) is 6.42 Å². The largest absolute Gasteiger partial charge is 0.399 e. The van der Waals surface area contributed by atoms with Gasteiger partial charge < -0.3 is 5.73 Å². The Morgan fingerprint density at radius 3 is 2.95 bits per heavy atom. The average Bonchev–Trinajstić information content (AvgIpc) is 2.38. The number of hydrogen-bond donors (Lipinski definition) is 2. The number of nitrogen functional groups attached to an aromatic ring is 1. The van der Waals surface area contributed by atoms with Crippen molar-refractivity contribution in [3.05, 3.63) is 24.7 Å². The maximum Gasteiger partial charge on any atom is 0.328 e. The molecule has 0 spiro atoms. The molecule has 1 aromatic heterocycles. The number of benzene rings is 1. The zero-order valence-corrected chi connectivity index (χ0v) is 9.96. The summed E-state index contributed by atoms with van der Waals surface area (Å²) < 4.78 is 0. The minimum absolute atomic E-state index is 0.260. The quantitative estimate of drug-likeness (QED) is 0.731. The predicted molar refractivity (Wildman–Crippen MR) is 69.5 cm³/mol. The maximum atomic E-state index is 11.9. The average molecular weight is 257 g/mol. The van der Waals surface area contributed by atoms with Crippen molar-refractivity contribution in [3.63, 3.8) is 0 Å². The standard InChI is InChI=1S/C12H11N5O2/c13-7-3-9-8(5-14-6-15-9)10(4-7)17-2-1-11(18)16-12(17)19/h3-6H,1-2,13H2,(H,16,18,19). The highest BCUT2D eigenvalue weighted by Gasteiger charge is 2.25. The molecule has 0 unspecified atom stereocenters. The number of anilines is 2. The lowest BCUT2D eigenvalue weighted by Crippen LogP contribution is -2.49. The third kappa shape index (κ3) is 1.95. The van der Waals surface area contributed by atoms with Gasteiger partial charge in [-0.15, -0.1) is 0 Å². The van der Waals surface area contributed by atoms with Crippen LogP contribution in [0.4, 0.5) is 16.2 Å². The Morgan fingerprint density at radius 1 is 1.32 bits per heavy atom.